The number of hydrogen-bond donors (Lipinski definition) is 0. The van der Waals surface area contributed by atoms with Crippen molar-refractivity contribution in [3.8, 4) is 11.4 Å². The Hall–Kier alpha value is -1.63. The van der Waals surface area contributed by atoms with Gasteiger partial charge in [-0.05, 0) is 42.0 Å². The molecule has 0 aliphatic heterocycles. The van der Waals surface area contributed by atoms with E-state index in [0.717, 1.165) is 5.56 Å². The number of halogens is 1. The van der Waals surface area contributed by atoms with Crippen LogP contribution in [0.1, 0.15) is 9.67 Å². The summed E-state index contributed by atoms with van der Waals surface area (Å²) in [4.78, 5) is 17.5. The Morgan fingerprint density at radius 2 is 2.05 bits per heavy atom. The van der Waals surface area contributed by atoms with E-state index in [2.05, 4.69) is 10.1 Å². The summed E-state index contributed by atoms with van der Waals surface area (Å²) < 4.78 is 1.35. The highest BCUT2D eigenvalue weighted by Gasteiger charge is 2.18. The number of carbonyl (C=O) groups excluding carboxylic acids is 1. The molecule has 1 aromatic carbocycles. The lowest BCUT2D eigenvalue weighted by molar-refractivity contribution is 0.0938. The first kappa shape index (κ1) is 14.3. The Kier molecular flexibility index (Phi) is 4.10. The van der Waals surface area contributed by atoms with Crippen LogP contribution in [0.2, 0.25) is 5.02 Å². The normalized spacial score (nSPS) is 10.8. The number of hydrogen-bond acceptors (Lipinski definition) is 5. The number of rotatable bonds is 3. The van der Waals surface area contributed by atoms with Gasteiger partial charge >= 0.3 is 0 Å². The number of thiophene rings is 1. The van der Waals surface area contributed by atoms with Crippen molar-refractivity contribution in [2.24, 2.45) is 0 Å². The summed E-state index contributed by atoms with van der Waals surface area (Å²) in [5.41, 5.74) is 0.826. The summed E-state index contributed by atoms with van der Waals surface area (Å²) >= 11 is 8.65. The lowest BCUT2D eigenvalue weighted by Crippen LogP contribution is -2.13. The van der Waals surface area contributed by atoms with Crippen LogP contribution < -0.4 is 0 Å². The van der Waals surface area contributed by atoms with E-state index in [1.165, 1.54) is 27.8 Å². The molecule has 2 aromatic heterocycles. The van der Waals surface area contributed by atoms with Crippen LogP contribution in [0.15, 0.2) is 46.9 Å². The smallest absolute Gasteiger partial charge is 0.266 e. The molecule has 21 heavy (non-hydrogen) atoms. The molecule has 0 bridgehead atoms. The van der Waals surface area contributed by atoms with Gasteiger partial charge in [-0.1, -0.05) is 29.4 Å². The second kappa shape index (κ2) is 6.01. The average molecular weight is 336 g/mol. The molecule has 4 nitrogen and oxygen atoms in total. The van der Waals surface area contributed by atoms with Gasteiger partial charge in [-0.25, -0.2) is 4.98 Å². The van der Waals surface area contributed by atoms with E-state index in [0.29, 0.717) is 20.9 Å². The molecule has 0 N–H and O–H groups in total. The fraction of sp³-hybridized carbons (Fsp3) is 0.0714. The van der Waals surface area contributed by atoms with Gasteiger partial charge in [0.1, 0.15) is 0 Å². The zero-order chi connectivity index (χ0) is 14.8. The van der Waals surface area contributed by atoms with Crippen LogP contribution in [0.5, 0.6) is 0 Å². The molecule has 0 atom stereocenters. The maximum Gasteiger partial charge on any atom is 0.290 e. The zero-order valence-electron chi connectivity index (χ0n) is 11.0. The summed E-state index contributed by atoms with van der Waals surface area (Å²) in [5, 5.41) is 7.42. The van der Waals surface area contributed by atoms with Crippen molar-refractivity contribution in [1.82, 2.24) is 14.8 Å². The van der Waals surface area contributed by atoms with Gasteiger partial charge in [0, 0.05) is 10.6 Å². The van der Waals surface area contributed by atoms with Crippen molar-refractivity contribution in [2.75, 3.05) is 6.26 Å². The van der Waals surface area contributed by atoms with E-state index >= 15 is 0 Å². The van der Waals surface area contributed by atoms with Crippen molar-refractivity contribution in [3.05, 3.63) is 51.7 Å². The van der Waals surface area contributed by atoms with E-state index in [1.54, 1.807) is 18.2 Å². The summed E-state index contributed by atoms with van der Waals surface area (Å²) in [6, 6.07) is 10.8. The van der Waals surface area contributed by atoms with Crippen LogP contribution in [-0.4, -0.2) is 26.9 Å². The monoisotopic (exact) mass is 335 g/mol. The number of carbonyl (C=O) groups is 1. The molecule has 106 valence electrons. The minimum atomic E-state index is -0.165. The molecular formula is C14H10ClN3OS2. The van der Waals surface area contributed by atoms with Gasteiger partial charge in [-0.2, -0.15) is 4.68 Å². The second-order valence-electron chi connectivity index (χ2n) is 4.12. The molecule has 0 unspecified atom stereocenters. The highest BCUT2D eigenvalue weighted by molar-refractivity contribution is 7.98. The summed E-state index contributed by atoms with van der Waals surface area (Å²) in [6.45, 7) is 0. The lowest BCUT2D eigenvalue weighted by Gasteiger charge is -1.99. The molecule has 7 heteroatoms. The molecular weight excluding hydrogens is 326 g/mol. The fourth-order valence-corrected chi connectivity index (χ4v) is 3.04. The molecule has 0 aliphatic carbocycles. The van der Waals surface area contributed by atoms with Gasteiger partial charge in [0.15, 0.2) is 11.0 Å². The highest BCUT2D eigenvalue weighted by Crippen LogP contribution is 2.23. The Balaban J connectivity index is 2.02. The molecule has 0 radical (unpaired) electrons. The van der Waals surface area contributed by atoms with Gasteiger partial charge in [0.2, 0.25) is 0 Å². The van der Waals surface area contributed by atoms with Crippen LogP contribution in [0, 0.1) is 0 Å². The van der Waals surface area contributed by atoms with Crippen molar-refractivity contribution in [2.45, 2.75) is 5.16 Å². The number of aromatic nitrogens is 3. The molecule has 0 spiro atoms. The maximum absolute atomic E-state index is 12.4. The molecule has 0 aliphatic rings. The van der Waals surface area contributed by atoms with Crippen LogP contribution in [0.25, 0.3) is 11.4 Å². The first-order valence-electron chi connectivity index (χ1n) is 6.04. The fourth-order valence-electron chi connectivity index (χ4n) is 1.79. The first-order valence-corrected chi connectivity index (χ1v) is 8.52. The van der Waals surface area contributed by atoms with Crippen LogP contribution in [-0.2, 0) is 0 Å². The molecule has 3 rings (SSSR count). The predicted molar refractivity (Wildman–Crippen MR) is 86.3 cm³/mol. The molecule has 0 fully saturated rings. The lowest BCUT2D eigenvalue weighted by atomic mass is 10.2. The molecule has 0 saturated carbocycles. The predicted octanol–water partition coefficient (Wildman–Crippen LogP) is 4.07. The molecule has 0 saturated heterocycles. The van der Waals surface area contributed by atoms with E-state index in [1.807, 2.05) is 29.8 Å². The quantitative estimate of drug-likeness (QED) is 0.677. The third-order valence-electron chi connectivity index (χ3n) is 2.79. The van der Waals surface area contributed by atoms with Crippen LogP contribution >= 0.6 is 34.7 Å². The number of thioether (sulfide) groups is 1. The van der Waals surface area contributed by atoms with Crippen molar-refractivity contribution >= 4 is 40.6 Å². The second-order valence-corrected chi connectivity index (χ2v) is 6.28. The van der Waals surface area contributed by atoms with Crippen molar-refractivity contribution < 1.29 is 4.79 Å². The molecule has 0 amide bonds. The molecule has 2 heterocycles. The molecule has 3 aromatic rings. The largest absolute Gasteiger partial charge is 0.290 e. The number of benzene rings is 1. The van der Waals surface area contributed by atoms with Gasteiger partial charge in [-0.15, -0.1) is 16.4 Å². The highest BCUT2D eigenvalue weighted by atomic mass is 35.5. The summed E-state index contributed by atoms with van der Waals surface area (Å²) in [7, 11) is 0. The van der Waals surface area contributed by atoms with E-state index < -0.39 is 0 Å². The Labute approximate surface area is 134 Å². The Morgan fingerprint density at radius 3 is 2.67 bits per heavy atom. The van der Waals surface area contributed by atoms with Crippen LogP contribution in [0.4, 0.5) is 0 Å². The van der Waals surface area contributed by atoms with Crippen LogP contribution in [0.3, 0.4) is 0 Å². The third kappa shape index (κ3) is 2.88. The average Bonchev–Trinajstić information content (AvgIpc) is 3.17. The van der Waals surface area contributed by atoms with Gasteiger partial charge in [-0.3, -0.25) is 4.79 Å². The van der Waals surface area contributed by atoms with E-state index in [-0.39, 0.29) is 5.91 Å². The standard InChI is InChI=1S/C14H10ClN3OS2/c1-20-14-16-12(9-4-6-10(15)7-5-9)17-18(14)13(19)11-3-2-8-21-11/h2-8H,1H3. The van der Waals surface area contributed by atoms with Crippen molar-refractivity contribution in [1.29, 1.82) is 0 Å². The van der Waals surface area contributed by atoms with Gasteiger partial charge in [0.05, 0.1) is 4.88 Å². The Bertz CT molecular complexity index is 766. The van der Waals surface area contributed by atoms with Gasteiger partial charge in [0.25, 0.3) is 5.91 Å². The minimum absolute atomic E-state index is 0.165. The summed E-state index contributed by atoms with van der Waals surface area (Å²) in [6.07, 6.45) is 1.87. The Morgan fingerprint density at radius 1 is 1.29 bits per heavy atom. The SMILES string of the molecule is CSc1nc(-c2ccc(Cl)cc2)nn1C(=O)c1cccs1. The maximum atomic E-state index is 12.4. The number of nitrogens with zero attached hydrogens (tertiary/aromatic N) is 3. The summed E-state index contributed by atoms with van der Waals surface area (Å²) in [5.74, 6) is 0.350. The van der Waals surface area contributed by atoms with E-state index in [4.69, 9.17) is 11.6 Å². The topological polar surface area (TPSA) is 47.8 Å². The minimum Gasteiger partial charge on any atom is -0.266 e. The van der Waals surface area contributed by atoms with Crippen molar-refractivity contribution in [3.63, 3.8) is 0 Å². The van der Waals surface area contributed by atoms with E-state index in [9.17, 15) is 4.79 Å². The van der Waals surface area contributed by atoms with Gasteiger partial charge < -0.3 is 0 Å². The zero-order valence-corrected chi connectivity index (χ0v) is 13.4. The first-order chi connectivity index (χ1) is 10.2. The third-order valence-corrected chi connectivity index (χ3v) is 4.53.